The van der Waals surface area contributed by atoms with Crippen LogP contribution in [-0.2, 0) is 17.8 Å². The van der Waals surface area contributed by atoms with Crippen LogP contribution >= 0.6 is 0 Å². The summed E-state index contributed by atoms with van der Waals surface area (Å²) in [4.78, 5) is 24.4. The van der Waals surface area contributed by atoms with Gasteiger partial charge in [-0.3, -0.25) is 4.79 Å². The van der Waals surface area contributed by atoms with E-state index in [0.29, 0.717) is 6.42 Å². The fourth-order valence-electron chi connectivity index (χ4n) is 7.34. The molecule has 1 amide bonds. The molecule has 5 heteroatoms. The second-order valence-corrected chi connectivity index (χ2v) is 10.3. The summed E-state index contributed by atoms with van der Waals surface area (Å²) < 4.78 is 0. The zero-order valence-corrected chi connectivity index (χ0v) is 17.5. The summed E-state index contributed by atoms with van der Waals surface area (Å²) in [5, 5.41) is 3.19. The van der Waals surface area contributed by atoms with Crippen LogP contribution in [-0.4, -0.2) is 22.4 Å². The van der Waals surface area contributed by atoms with Crippen LogP contribution in [0.3, 0.4) is 0 Å². The molecule has 4 bridgehead atoms. The smallest absolute Gasteiger partial charge is 0.226 e. The highest BCUT2D eigenvalue weighted by Gasteiger charge is 2.51. The molecule has 0 atom stereocenters. The number of hydrogen-bond acceptors (Lipinski definition) is 4. The van der Waals surface area contributed by atoms with Crippen molar-refractivity contribution in [1.82, 2.24) is 9.97 Å². The van der Waals surface area contributed by atoms with Gasteiger partial charge in [-0.05, 0) is 80.2 Å². The van der Waals surface area contributed by atoms with Crippen LogP contribution in [0.4, 0.5) is 11.5 Å². The van der Waals surface area contributed by atoms with Crippen molar-refractivity contribution in [2.24, 2.45) is 23.2 Å². The van der Waals surface area contributed by atoms with Gasteiger partial charge in [-0.2, -0.15) is 0 Å². The predicted molar refractivity (Wildman–Crippen MR) is 117 cm³/mol. The average molecular weight is 403 g/mol. The Morgan fingerprint density at radius 2 is 1.73 bits per heavy atom. The van der Waals surface area contributed by atoms with Gasteiger partial charge in [0, 0.05) is 24.2 Å². The number of nitrogens with one attached hydrogen (secondary N) is 1. The molecule has 2 aromatic rings. The van der Waals surface area contributed by atoms with Crippen LogP contribution in [0.15, 0.2) is 36.7 Å². The lowest BCUT2D eigenvalue weighted by Crippen LogP contribution is -2.47. The number of amides is 1. The van der Waals surface area contributed by atoms with E-state index in [1.807, 2.05) is 6.07 Å². The van der Waals surface area contributed by atoms with Gasteiger partial charge >= 0.3 is 0 Å². The second kappa shape index (κ2) is 7.07. The molecule has 4 fully saturated rings. The fraction of sp³-hybridized carbons (Fsp3) is 0.560. The number of rotatable bonds is 4. The topological polar surface area (TPSA) is 58.1 Å². The molecule has 156 valence electrons. The van der Waals surface area contributed by atoms with E-state index in [2.05, 4.69) is 44.5 Å². The Balaban J connectivity index is 1.17. The first-order chi connectivity index (χ1) is 14.7. The van der Waals surface area contributed by atoms with Crippen LogP contribution in [0.5, 0.6) is 0 Å². The molecule has 5 nitrogen and oxygen atoms in total. The van der Waals surface area contributed by atoms with Crippen molar-refractivity contribution in [1.29, 1.82) is 0 Å². The van der Waals surface area contributed by atoms with Gasteiger partial charge in [-0.15, -0.1) is 0 Å². The molecule has 7 rings (SSSR count). The summed E-state index contributed by atoms with van der Waals surface area (Å²) in [6.07, 6.45) is 11.2. The summed E-state index contributed by atoms with van der Waals surface area (Å²) in [6, 6.07) is 10.5. The molecule has 0 unspecified atom stereocenters. The maximum atomic E-state index is 13.1. The van der Waals surface area contributed by atoms with Crippen molar-refractivity contribution >= 4 is 17.4 Å². The molecule has 30 heavy (non-hydrogen) atoms. The number of carbonyl (C=O) groups is 1. The lowest BCUT2D eigenvalue weighted by atomic mass is 9.49. The molecule has 1 aromatic heterocycles. The first-order valence-electron chi connectivity index (χ1n) is 11.6. The third-order valence-electron chi connectivity index (χ3n) is 8.09. The summed E-state index contributed by atoms with van der Waals surface area (Å²) in [5.41, 5.74) is 3.62. The molecule has 1 N–H and O–H groups in total. The van der Waals surface area contributed by atoms with E-state index in [4.69, 9.17) is 0 Å². The van der Waals surface area contributed by atoms with E-state index in [1.54, 1.807) is 6.33 Å². The highest BCUT2D eigenvalue weighted by atomic mass is 16.1. The SMILES string of the molecule is O=C(CC12CC3CC(CC(C3)C1)C2)Nc1ncnc2c1CCN(c1ccccc1)C2. The Morgan fingerprint density at radius 1 is 1.03 bits per heavy atom. The van der Waals surface area contributed by atoms with Gasteiger partial charge in [-0.25, -0.2) is 9.97 Å². The Kier molecular flexibility index (Phi) is 4.32. The highest BCUT2D eigenvalue weighted by Crippen LogP contribution is 2.61. The Morgan fingerprint density at radius 3 is 2.43 bits per heavy atom. The van der Waals surface area contributed by atoms with Crippen molar-refractivity contribution in [3.8, 4) is 0 Å². The van der Waals surface area contributed by atoms with E-state index >= 15 is 0 Å². The standard InChI is InChI=1S/C25H30N4O/c30-23(14-25-11-17-8-18(12-25)10-19(9-17)13-25)28-24-21-6-7-29(15-22(21)26-16-27-24)20-4-2-1-3-5-20/h1-5,16-19H,6-15H2,(H,26,27,28,30). The van der Waals surface area contributed by atoms with Crippen molar-refractivity contribution in [2.45, 2.75) is 57.9 Å². The van der Waals surface area contributed by atoms with Crippen molar-refractivity contribution in [3.05, 3.63) is 47.9 Å². The first kappa shape index (κ1) is 18.3. The summed E-state index contributed by atoms with van der Waals surface area (Å²) in [6.45, 7) is 1.68. The van der Waals surface area contributed by atoms with Gasteiger partial charge in [0.05, 0.1) is 12.2 Å². The van der Waals surface area contributed by atoms with E-state index in [0.717, 1.165) is 54.3 Å². The molecule has 1 aliphatic heterocycles. The number of hydrogen-bond donors (Lipinski definition) is 1. The number of anilines is 2. The number of benzene rings is 1. The minimum Gasteiger partial charge on any atom is -0.365 e. The number of nitrogens with zero attached hydrogens (tertiary/aromatic N) is 3. The van der Waals surface area contributed by atoms with Gasteiger partial charge in [0.1, 0.15) is 12.1 Å². The normalized spacial score (nSPS) is 31.5. The first-order valence-corrected chi connectivity index (χ1v) is 11.6. The predicted octanol–water partition coefficient (Wildman–Crippen LogP) is 4.58. The number of para-hydroxylation sites is 1. The lowest BCUT2D eigenvalue weighted by Gasteiger charge is -2.56. The molecule has 0 radical (unpaired) electrons. The minimum absolute atomic E-state index is 0.156. The van der Waals surface area contributed by atoms with Crippen LogP contribution in [0.2, 0.25) is 0 Å². The van der Waals surface area contributed by atoms with E-state index in [9.17, 15) is 4.79 Å². The third kappa shape index (κ3) is 3.28. The average Bonchev–Trinajstić information content (AvgIpc) is 2.73. The van der Waals surface area contributed by atoms with Crippen LogP contribution < -0.4 is 10.2 Å². The summed E-state index contributed by atoms with van der Waals surface area (Å²) in [5.74, 6) is 3.52. The Hall–Kier alpha value is -2.43. The van der Waals surface area contributed by atoms with Crippen LogP contribution in [0.1, 0.15) is 56.2 Å². The zero-order valence-electron chi connectivity index (χ0n) is 17.5. The molecule has 4 aliphatic carbocycles. The van der Waals surface area contributed by atoms with Crippen LogP contribution in [0, 0.1) is 23.2 Å². The summed E-state index contributed by atoms with van der Waals surface area (Å²) in [7, 11) is 0. The van der Waals surface area contributed by atoms with Gasteiger partial charge in [0.2, 0.25) is 5.91 Å². The highest BCUT2D eigenvalue weighted by molar-refractivity contribution is 5.91. The van der Waals surface area contributed by atoms with Gasteiger partial charge in [-0.1, -0.05) is 18.2 Å². The Labute approximate surface area is 178 Å². The maximum absolute atomic E-state index is 13.1. The fourth-order valence-corrected chi connectivity index (χ4v) is 7.34. The number of fused-ring (bicyclic) bond motifs is 1. The molecule has 2 heterocycles. The van der Waals surface area contributed by atoms with Crippen molar-refractivity contribution in [3.63, 3.8) is 0 Å². The maximum Gasteiger partial charge on any atom is 0.226 e. The monoisotopic (exact) mass is 402 g/mol. The second-order valence-electron chi connectivity index (χ2n) is 10.3. The van der Waals surface area contributed by atoms with Gasteiger partial charge in [0.15, 0.2) is 0 Å². The quantitative estimate of drug-likeness (QED) is 0.813. The lowest BCUT2D eigenvalue weighted by molar-refractivity contribution is -0.124. The minimum atomic E-state index is 0.156. The van der Waals surface area contributed by atoms with E-state index in [1.165, 1.54) is 44.2 Å². The molecular formula is C25H30N4O. The van der Waals surface area contributed by atoms with Crippen molar-refractivity contribution < 1.29 is 4.79 Å². The molecule has 1 aromatic carbocycles. The number of carbonyl (C=O) groups excluding carboxylic acids is 1. The van der Waals surface area contributed by atoms with Crippen molar-refractivity contribution in [2.75, 3.05) is 16.8 Å². The molecule has 0 spiro atoms. The third-order valence-corrected chi connectivity index (χ3v) is 8.09. The molecule has 5 aliphatic rings. The van der Waals surface area contributed by atoms with Crippen LogP contribution in [0.25, 0.3) is 0 Å². The molecule has 4 saturated carbocycles. The summed E-state index contributed by atoms with van der Waals surface area (Å²) >= 11 is 0. The Bertz CT molecular complexity index is 922. The van der Waals surface area contributed by atoms with Gasteiger partial charge in [0.25, 0.3) is 0 Å². The molecular weight excluding hydrogens is 372 g/mol. The number of aromatic nitrogens is 2. The largest absolute Gasteiger partial charge is 0.365 e. The van der Waals surface area contributed by atoms with E-state index in [-0.39, 0.29) is 11.3 Å². The zero-order chi connectivity index (χ0) is 20.1. The van der Waals surface area contributed by atoms with Gasteiger partial charge < -0.3 is 10.2 Å². The molecule has 0 saturated heterocycles. The van der Waals surface area contributed by atoms with E-state index < -0.39 is 0 Å².